The van der Waals surface area contributed by atoms with Gasteiger partial charge in [-0.3, -0.25) is 0 Å². The third kappa shape index (κ3) is 4.89. The summed E-state index contributed by atoms with van der Waals surface area (Å²) in [5.41, 5.74) is 0. The standard InChI is InChI=1S/C5H9.Li.H3P/c1-2-4-5-3-1;;/h1H,2-5H2;;1H3/q-1;+1;. The summed E-state index contributed by atoms with van der Waals surface area (Å²) in [6.07, 6.45) is 8.00. The molecule has 1 rings (SSSR count). The predicted molar refractivity (Wildman–Crippen MR) is 33.9 cm³/mol. The predicted octanol–water partition coefficient (Wildman–Crippen LogP) is -1.17. The molecule has 0 amide bonds. The van der Waals surface area contributed by atoms with Crippen molar-refractivity contribution in [2.24, 2.45) is 0 Å². The first-order chi connectivity index (χ1) is 2.50. The van der Waals surface area contributed by atoms with E-state index in [1.165, 1.54) is 25.7 Å². The van der Waals surface area contributed by atoms with Gasteiger partial charge in [0, 0.05) is 0 Å². The minimum absolute atomic E-state index is 0. The Hall–Kier alpha value is 1.03. The molecule has 7 heavy (non-hydrogen) atoms. The van der Waals surface area contributed by atoms with Gasteiger partial charge in [-0.2, -0.15) is 22.7 Å². The van der Waals surface area contributed by atoms with Crippen LogP contribution in [-0.4, -0.2) is 0 Å². The SMILES string of the molecule is P.[CH-]1CCCC1.[Li+]. The van der Waals surface area contributed by atoms with Crippen molar-refractivity contribution in [2.45, 2.75) is 25.7 Å². The van der Waals surface area contributed by atoms with Gasteiger partial charge in [0.1, 0.15) is 0 Å². The van der Waals surface area contributed by atoms with E-state index in [4.69, 9.17) is 0 Å². The number of hydrogen-bond acceptors (Lipinski definition) is 0. The van der Waals surface area contributed by atoms with Gasteiger partial charge in [0.2, 0.25) is 0 Å². The van der Waals surface area contributed by atoms with Crippen molar-refractivity contribution in [1.82, 2.24) is 0 Å². The molecular formula is C5H12LiP. The van der Waals surface area contributed by atoms with Crippen LogP contribution in [-0.2, 0) is 0 Å². The third-order valence-electron chi connectivity index (χ3n) is 1.07. The van der Waals surface area contributed by atoms with Crippen molar-refractivity contribution in [1.29, 1.82) is 0 Å². The van der Waals surface area contributed by atoms with Crippen LogP contribution in [0.5, 0.6) is 0 Å². The fourth-order valence-electron chi connectivity index (χ4n) is 0.722. The molecule has 2 heteroatoms. The van der Waals surface area contributed by atoms with Crippen LogP contribution >= 0.6 is 9.90 Å². The minimum Gasteiger partial charge on any atom is -0.328 e. The maximum absolute atomic E-state index is 2.36. The summed E-state index contributed by atoms with van der Waals surface area (Å²) in [5, 5.41) is 0. The molecule has 0 aliphatic heterocycles. The van der Waals surface area contributed by atoms with Crippen LogP contribution in [0.1, 0.15) is 25.7 Å². The van der Waals surface area contributed by atoms with E-state index < -0.39 is 0 Å². The molecule has 0 aromatic carbocycles. The Kier molecular flexibility index (Phi) is 11.0. The van der Waals surface area contributed by atoms with E-state index >= 15 is 0 Å². The van der Waals surface area contributed by atoms with Crippen LogP contribution in [0.4, 0.5) is 0 Å². The summed E-state index contributed by atoms with van der Waals surface area (Å²) >= 11 is 0. The summed E-state index contributed by atoms with van der Waals surface area (Å²) in [7, 11) is 0. The van der Waals surface area contributed by atoms with Gasteiger partial charge in [-0.25, -0.2) is 0 Å². The molecule has 0 nitrogen and oxygen atoms in total. The first-order valence-corrected chi connectivity index (χ1v) is 2.32. The Morgan fingerprint density at radius 2 is 1.43 bits per heavy atom. The quantitative estimate of drug-likeness (QED) is 0.209. The zero-order valence-corrected chi connectivity index (χ0v) is 6.53. The van der Waals surface area contributed by atoms with E-state index in [1.54, 1.807) is 0 Å². The van der Waals surface area contributed by atoms with Crippen molar-refractivity contribution in [3.8, 4) is 0 Å². The second kappa shape index (κ2) is 7.03. The minimum atomic E-state index is 0. The van der Waals surface area contributed by atoms with Crippen molar-refractivity contribution < 1.29 is 18.9 Å². The molecule has 1 unspecified atom stereocenters. The first kappa shape index (κ1) is 10.9. The van der Waals surface area contributed by atoms with Gasteiger partial charge in [-0.05, 0) is 0 Å². The Balaban J connectivity index is 0. The van der Waals surface area contributed by atoms with E-state index in [0.717, 1.165) is 0 Å². The van der Waals surface area contributed by atoms with Gasteiger partial charge in [-0.15, -0.1) is 0 Å². The maximum Gasteiger partial charge on any atom is 1.00 e. The largest absolute Gasteiger partial charge is 1.00 e. The smallest absolute Gasteiger partial charge is 0.328 e. The van der Waals surface area contributed by atoms with Gasteiger partial charge in [-0.1, -0.05) is 12.8 Å². The van der Waals surface area contributed by atoms with Crippen LogP contribution in [0.15, 0.2) is 0 Å². The van der Waals surface area contributed by atoms with E-state index in [2.05, 4.69) is 6.42 Å². The molecule has 0 aromatic heterocycles. The molecule has 0 N–H and O–H groups in total. The molecule has 0 heterocycles. The van der Waals surface area contributed by atoms with Gasteiger partial charge in [0.15, 0.2) is 0 Å². The van der Waals surface area contributed by atoms with E-state index in [1.807, 2.05) is 0 Å². The van der Waals surface area contributed by atoms with E-state index in [9.17, 15) is 0 Å². The Morgan fingerprint density at radius 3 is 1.57 bits per heavy atom. The van der Waals surface area contributed by atoms with Crippen molar-refractivity contribution >= 4 is 9.90 Å². The van der Waals surface area contributed by atoms with Crippen LogP contribution in [0.2, 0.25) is 0 Å². The zero-order valence-electron chi connectivity index (χ0n) is 5.11. The molecule has 1 atom stereocenters. The van der Waals surface area contributed by atoms with E-state index in [0.29, 0.717) is 0 Å². The normalized spacial score (nSPS) is 17.1. The molecule has 0 saturated heterocycles. The fraction of sp³-hybridized carbons (Fsp3) is 0.800. The van der Waals surface area contributed by atoms with Gasteiger partial charge < -0.3 is 6.42 Å². The molecular weight excluding hydrogens is 98.0 g/mol. The third-order valence-corrected chi connectivity index (χ3v) is 1.07. The summed E-state index contributed by atoms with van der Waals surface area (Å²) in [5.74, 6) is 0. The Morgan fingerprint density at radius 1 is 1.00 bits per heavy atom. The zero-order chi connectivity index (χ0) is 3.54. The summed E-state index contributed by atoms with van der Waals surface area (Å²) in [6, 6.07) is 0. The average molecular weight is 110 g/mol. The van der Waals surface area contributed by atoms with Gasteiger partial charge >= 0.3 is 18.9 Å². The monoisotopic (exact) mass is 110 g/mol. The molecule has 0 aromatic rings. The van der Waals surface area contributed by atoms with Crippen molar-refractivity contribution in [3.63, 3.8) is 0 Å². The van der Waals surface area contributed by atoms with Crippen molar-refractivity contribution in [3.05, 3.63) is 6.42 Å². The fourth-order valence-corrected chi connectivity index (χ4v) is 0.722. The average Bonchev–Trinajstić information content (AvgIpc) is 1.76. The molecule has 1 fully saturated rings. The Labute approximate surface area is 61.2 Å². The molecule has 38 valence electrons. The summed E-state index contributed by atoms with van der Waals surface area (Å²) < 4.78 is 0. The van der Waals surface area contributed by atoms with Gasteiger partial charge in [0.05, 0.1) is 0 Å². The second-order valence-corrected chi connectivity index (χ2v) is 1.57. The van der Waals surface area contributed by atoms with Crippen LogP contribution in [0.25, 0.3) is 0 Å². The maximum atomic E-state index is 2.36. The van der Waals surface area contributed by atoms with Crippen LogP contribution in [0, 0.1) is 6.42 Å². The second-order valence-electron chi connectivity index (χ2n) is 1.57. The number of hydrogen-bond donors (Lipinski definition) is 0. The topological polar surface area (TPSA) is 0 Å². The van der Waals surface area contributed by atoms with Crippen LogP contribution in [0.3, 0.4) is 0 Å². The molecule has 0 radical (unpaired) electrons. The summed E-state index contributed by atoms with van der Waals surface area (Å²) in [4.78, 5) is 0. The molecule has 1 saturated carbocycles. The number of rotatable bonds is 0. The van der Waals surface area contributed by atoms with E-state index in [-0.39, 0.29) is 28.8 Å². The summed E-state index contributed by atoms with van der Waals surface area (Å²) in [6.45, 7) is 0. The molecule has 0 spiro atoms. The molecule has 1 aliphatic rings. The molecule has 1 aliphatic carbocycles. The molecule has 0 bridgehead atoms. The van der Waals surface area contributed by atoms with Crippen molar-refractivity contribution in [2.75, 3.05) is 0 Å². The Bertz CT molecular complexity index is 19.7. The van der Waals surface area contributed by atoms with Gasteiger partial charge in [0.25, 0.3) is 0 Å². The first-order valence-electron chi connectivity index (χ1n) is 2.32. The van der Waals surface area contributed by atoms with Crippen LogP contribution < -0.4 is 18.9 Å².